The van der Waals surface area contributed by atoms with E-state index >= 15 is 0 Å². The zero-order valence-electron chi connectivity index (χ0n) is 16.3. The van der Waals surface area contributed by atoms with Crippen LogP contribution in [0.25, 0.3) is 0 Å². The van der Waals surface area contributed by atoms with Gasteiger partial charge in [-0.05, 0) is 24.3 Å². The molecule has 0 spiro atoms. The third-order valence-corrected chi connectivity index (χ3v) is 4.68. The number of hydrazone groups is 2. The third-order valence-electron chi connectivity index (χ3n) is 4.68. The molecule has 4 rings (SSSR count). The summed E-state index contributed by atoms with van der Waals surface area (Å²) in [7, 11) is 0. The van der Waals surface area contributed by atoms with Crippen molar-refractivity contribution in [3.63, 3.8) is 0 Å². The number of carbonyl (C=O) groups is 2. The van der Waals surface area contributed by atoms with Crippen LogP contribution in [0.3, 0.4) is 0 Å². The maximum Gasteiger partial charge on any atom is 0.261 e. The molecule has 2 atom stereocenters. The first-order valence-electron chi connectivity index (χ1n) is 9.14. The van der Waals surface area contributed by atoms with Gasteiger partial charge in [-0.15, -0.1) is 10.2 Å². The van der Waals surface area contributed by atoms with Gasteiger partial charge in [0.2, 0.25) is 23.6 Å². The minimum Gasteiger partial charge on any atom is -0.443 e. The molecule has 0 saturated carbocycles. The fourth-order valence-corrected chi connectivity index (χ4v) is 3.29. The molecule has 0 bridgehead atoms. The van der Waals surface area contributed by atoms with E-state index in [1.807, 2.05) is 60.7 Å². The van der Waals surface area contributed by atoms with Crippen LogP contribution in [0.2, 0.25) is 0 Å². The molecular formula is C21H20N4O4. The summed E-state index contributed by atoms with van der Waals surface area (Å²) in [4.78, 5) is 24.7. The molecule has 0 unspecified atom stereocenters. The number of amides is 2. The Morgan fingerprint density at radius 1 is 0.862 bits per heavy atom. The molecule has 2 aromatic rings. The van der Waals surface area contributed by atoms with Gasteiger partial charge in [0.1, 0.15) is 0 Å². The van der Waals surface area contributed by atoms with Crippen molar-refractivity contribution in [2.45, 2.75) is 32.7 Å². The van der Waals surface area contributed by atoms with E-state index in [1.165, 1.54) is 23.9 Å². The standard InChI is InChI=1S/C21H20N4O4/c1-14(26)24-20(28-18(22-24)16-10-6-4-7-11-16)21(3)25(15(2)27)23-19(29-21)17-12-8-5-9-13-17/h4-13,20H,1-3H3/t20-,21-/m1/s1. The molecule has 0 aromatic heterocycles. The fraction of sp³-hybridized carbons (Fsp3) is 0.238. The number of hydrogen-bond donors (Lipinski definition) is 0. The lowest BCUT2D eigenvalue weighted by Gasteiger charge is -2.37. The van der Waals surface area contributed by atoms with Crippen molar-refractivity contribution in [1.29, 1.82) is 0 Å². The Balaban J connectivity index is 1.70. The van der Waals surface area contributed by atoms with Crippen molar-refractivity contribution in [3.05, 3.63) is 71.8 Å². The second kappa shape index (κ2) is 7.05. The van der Waals surface area contributed by atoms with Gasteiger partial charge in [0.25, 0.3) is 12.0 Å². The van der Waals surface area contributed by atoms with Crippen molar-refractivity contribution < 1.29 is 19.1 Å². The summed E-state index contributed by atoms with van der Waals surface area (Å²) in [5.41, 5.74) is 0.0170. The molecule has 2 aliphatic rings. The Bertz CT molecular complexity index is 1010. The van der Waals surface area contributed by atoms with Crippen LogP contribution < -0.4 is 0 Å². The van der Waals surface area contributed by atoms with Gasteiger partial charge in [-0.25, -0.2) is 0 Å². The summed E-state index contributed by atoms with van der Waals surface area (Å²) in [5, 5.41) is 11.1. The number of nitrogens with zero attached hydrogens (tertiary/aromatic N) is 4. The fourth-order valence-electron chi connectivity index (χ4n) is 3.29. The van der Waals surface area contributed by atoms with Crippen LogP contribution in [0.4, 0.5) is 0 Å². The van der Waals surface area contributed by atoms with E-state index in [0.29, 0.717) is 11.1 Å². The van der Waals surface area contributed by atoms with Crippen LogP contribution in [0.5, 0.6) is 0 Å². The van der Waals surface area contributed by atoms with E-state index in [9.17, 15) is 9.59 Å². The Morgan fingerprint density at radius 2 is 1.41 bits per heavy atom. The van der Waals surface area contributed by atoms with E-state index in [1.54, 1.807) is 6.92 Å². The molecule has 0 aliphatic carbocycles. The average molecular weight is 392 g/mol. The molecule has 148 valence electrons. The van der Waals surface area contributed by atoms with E-state index in [2.05, 4.69) is 10.2 Å². The van der Waals surface area contributed by atoms with Gasteiger partial charge in [0.15, 0.2) is 0 Å². The first-order valence-corrected chi connectivity index (χ1v) is 9.14. The van der Waals surface area contributed by atoms with Crippen LogP contribution >= 0.6 is 0 Å². The predicted octanol–water partition coefficient (Wildman–Crippen LogP) is 2.51. The third kappa shape index (κ3) is 3.22. The number of carbonyl (C=O) groups excluding carboxylic acids is 2. The van der Waals surface area contributed by atoms with E-state index in [0.717, 1.165) is 0 Å². The van der Waals surface area contributed by atoms with Crippen LogP contribution in [0.15, 0.2) is 70.9 Å². The Labute approximate surface area is 168 Å². The zero-order valence-corrected chi connectivity index (χ0v) is 16.3. The molecule has 0 radical (unpaired) electrons. The summed E-state index contributed by atoms with van der Waals surface area (Å²) in [5.74, 6) is -0.156. The van der Waals surface area contributed by atoms with Crippen molar-refractivity contribution in [3.8, 4) is 0 Å². The molecule has 2 heterocycles. The number of hydrogen-bond acceptors (Lipinski definition) is 6. The molecule has 0 saturated heterocycles. The first kappa shape index (κ1) is 18.7. The largest absolute Gasteiger partial charge is 0.443 e. The van der Waals surface area contributed by atoms with Gasteiger partial charge >= 0.3 is 0 Å². The van der Waals surface area contributed by atoms with Gasteiger partial charge in [-0.3, -0.25) is 9.59 Å². The van der Waals surface area contributed by atoms with E-state index in [-0.39, 0.29) is 23.6 Å². The second-order valence-electron chi connectivity index (χ2n) is 6.86. The van der Waals surface area contributed by atoms with E-state index in [4.69, 9.17) is 9.47 Å². The lowest BCUT2D eigenvalue weighted by Crippen LogP contribution is -2.59. The molecule has 2 aliphatic heterocycles. The van der Waals surface area contributed by atoms with Crippen LogP contribution in [-0.4, -0.2) is 45.6 Å². The Kier molecular flexibility index (Phi) is 4.54. The van der Waals surface area contributed by atoms with Crippen molar-refractivity contribution >= 4 is 23.6 Å². The second-order valence-corrected chi connectivity index (χ2v) is 6.86. The Morgan fingerprint density at radius 3 is 1.93 bits per heavy atom. The monoisotopic (exact) mass is 392 g/mol. The zero-order chi connectivity index (χ0) is 20.6. The van der Waals surface area contributed by atoms with Crippen molar-refractivity contribution in [2.24, 2.45) is 10.2 Å². The highest BCUT2D eigenvalue weighted by Crippen LogP contribution is 2.36. The summed E-state index contributed by atoms with van der Waals surface area (Å²) < 4.78 is 12.2. The summed E-state index contributed by atoms with van der Waals surface area (Å²) in [6, 6.07) is 18.4. The maximum absolute atomic E-state index is 12.4. The highest BCUT2D eigenvalue weighted by molar-refractivity contribution is 5.98. The van der Waals surface area contributed by atoms with Gasteiger partial charge in [-0.2, -0.15) is 10.0 Å². The molecule has 29 heavy (non-hydrogen) atoms. The van der Waals surface area contributed by atoms with Crippen LogP contribution in [-0.2, 0) is 19.1 Å². The smallest absolute Gasteiger partial charge is 0.261 e. The molecule has 2 aromatic carbocycles. The highest BCUT2D eigenvalue weighted by Gasteiger charge is 2.57. The molecule has 0 N–H and O–H groups in total. The normalized spacial score (nSPS) is 23.2. The predicted molar refractivity (Wildman–Crippen MR) is 105 cm³/mol. The number of rotatable bonds is 3. The van der Waals surface area contributed by atoms with Gasteiger partial charge < -0.3 is 9.47 Å². The van der Waals surface area contributed by atoms with Crippen LogP contribution in [0, 0.1) is 0 Å². The summed E-state index contributed by atoms with van der Waals surface area (Å²) >= 11 is 0. The molecule has 2 amide bonds. The van der Waals surface area contributed by atoms with Gasteiger partial charge in [0, 0.05) is 31.9 Å². The van der Waals surface area contributed by atoms with Gasteiger partial charge in [-0.1, -0.05) is 36.4 Å². The SMILES string of the molecule is CC(=O)N1N=C(c2ccccc2)O[C@@H]1[C@@]1(C)OC(c2ccccc2)=NN1C(C)=O. The van der Waals surface area contributed by atoms with Crippen molar-refractivity contribution in [2.75, 3.05) is 0 Å². The molecule has 8 nitrogen and oxygen atoms in total. The minimum absolute atomic E-state index is 0.267. The summed E-state index contributed by atoms with van der Waals surface area (Å²) in [6.45, 7) is 4.41. The van der Waals surface area contributed by atoms with Gasteiger partial charge in [0.05, 0.1) is 0 Å². The summed E-state index contributed by atoms with van der Waals surface area (Å²) in [6.07, 6.45) is -1.01. The quantitative estimate of drug-likeness (QED) is 0.804. The Hall–Kier alpha value is -3.68. The topological polar surface area (TPSA) is 83.8 Å². The highest BCUT2D eigenvalue weighted by atomic mass is 16.6. The number of ether oxygens (including phenoxy) is 2. The molecular weight excluding hydrogens is 372 g/mol. The lowest BCUT2D eigenvalue weighted by molar-refractivity contribution is -0.187. The maximum atomic E-state index is 12.4. The van der Waals surface area contributed by atoms with Crippen molar-refractivity contribution in [1.82, 2.24) is 10.0 Å². The first-order chi connectivity index (χ1) is 13.9. The van der Waals surface area contributed by atoms with E-state index < -0.39 is 12.0 Å². The lowest BCUT2D eigenvalue weighted by atomic mass is 10.1. The number of benzene rings is 2. The molecule has 8 heteroatoms. The van der Waals surface area contributed by atoms with Crippen LogP contribution in [0.1, 0.15) is 31.9 Å². The average Bonchev–Trinajstić information content (AvgIpc) is 3.32. The molecule has 0 fully saturated rings. The minimum atomic E-state index is -1.40.